The van der Waals surface area contributed by atoms with Gasteiger partial charge in [-0.05, 0) is 30.2 Å². The summed E-state index contributed by atoms with van der Waals surface area (Å²) in [5, 5.41) is 6.24. The molecule has 0 fully saturated rings. The molecule has 2 aromatic rings. The fraction of sp³-hybridized carbons (Fsp3) is 0.316. The van der Waals surface area contributed by atoms with Gasteiger partial charge in [-0.1, -0.05) is 61.5 Å². The van der Waals surface area contributed by atoms with E-state index in [-0.39, 0.29) is 5.91 Å². The molecule has 0 heterocycles. The third-order valence-electron chi connectivity index (χ3n) is 3.58. The van der Waals surface area contributed by atoms with Gasteiger partial charge < -0.3 is 10.6 Å². The normalized spacial score (nSPS) is 11.9. The first kappa shape index (κ1) is 16.2. The van der Waals surface area contributed by atoms with Crippen LogP contribution in [0.4, 0.5) is 0 Å². The summed E-state index contributed by atoms with van der Waals surface area (Å²) in [6.07, 6.45) is 0.425. The van der Waals surface area contributed by atoms with Crippen molar-refractivity contribution in [2.45, 2.75) is 26.3 Å². The highest BCUT2D eigenvalue weighted by atomic mass is 16.1. The summed E-state index contributed by atoms with van der Waals surface area (Å²) in [5.41, 5.74) is 3.40. The molecule has 0 saturated heterocycles. The molecule has 0 aliphatic carbocycles. The molecule has 1 amide bonds. The number of amides is 1. The highest BCUT2D eigenvalue weighted by Gasteiger charge is 2.06. The molecule has 0 unspecified atom stereocenters. The van der Waals surface area contributed by atoms with Gasteiger partial charge >= 0.3 is 0 Å². The Hall–Kier alpha value is -2.13. The Labute approximate surface area is 132 Å². The van der Waals surface area contributed by atoms with Crippen molar-refractivity contribution in [3.8, 4) is 11.1 Å². The predicted octanol–water partition coefficient (Wildman–Crippen LogP) is 3.01. The number of hydrogen-bond acceptors (Lipinski definition) is 2. The molecule has 0 aliphatic heterocycles. The Kier molecular flexibility index (Phi) is 6.16. The van der Waals surface area contributed by atoms with Crippen LogP contribution < -0.4 is 10.6 Å². The van der Waals surface area contributed by atoms with Crippen LogP contribution in [-0.2, 0) is 11.2 Å². The van der Waals surface area contributed by atoms with Gasteiger partial charge in [0.1, 0.15) is 0 Å². The minimum Gasteiger partial charge on any atom is -0.354 e. The molecule has 2 N–H and O–H groups in total. The van der Waals surface area contributed by atoms with Crippen LogP contribution in [0.15, 0.2) is 54.6 Å². The second-order valence-electron chi connectivity index (χ2n) is 5.50. The smallest absolute Gasteiger partial charge is 0.224 e. The van der Waals surface area contributed by atoms with Gasteiger partial charge in [0.25, 0.3) is 0 Å². The maximum absolute atomic E-state index is 11.9. The van der Waals surface area contributed by atoms with Crippen molar-refractivity contribution < 1.29 is 4.79 Å². The molecule has 0 radical (unpaired) electrons. The molecule has 3 heteroatoms. The maximum Gasteiger partial charge on any atom is 0.224 e. The third-order valence-corrected chi connectivity index (χ3v) is 3.58. The van der Waals surface area contributed by atoms with E-state index < -0.39 is 0 Å². The summed E-state index contributed by atoms with van der Waals surface area (Å²) in [6.45, 7) is 5.71. The Bertz CT molecular complexity index is 578. The largest absolute Gasteiger partial charge is 0.354 e. The molecule has 3 nitrogen and oxygen atoms in total. The maximum atomic E-state index is 11.9. The van der Waals surface area contributed by atoms with Crippen LogP contribution >= 0.6 is 0 Å². The fourth-order valence-corrected chi connectivity index (χ4v) is 2.38. The van der Waals surface area contributed by atoms with E-state index in [2.05, 4.69) is 48.7 Å². The number of benzene rings is 2. The van der Waals surface area contributed by atoms with E-state index >= 15 is 0 Å². The highest BCUT2D eigenvalue weighted by molar-refractivity contribution is 5.78. The average molecular weight is 296 g/mol. The zero-order valence-electron chi connectivity index (χ0n) is 13.3. The summed E-state index contributed by atoms with van der Waals surface area (Å²) in [7, 11) is 0. The van der Waals surface area contributed by atoms with E-state index in [1.807, 2.05) is 30.3 Å². The SMILES string of the molecule is CCN[C@H](C)CNC(=O)Cc1ccc(-c2ccccc2)cc1. The monoisotopic (exact) mass is 296 g/mol. The molecular formula is C19H24N2O. The van der Waals surface area contributed by atoms with Crippen molar-refractivity contribution in [2.24, 2.45) is 0 Å². The molecule has 0 saturated carbocycles. The highest BCUT2D eigenvalue weighted by Crippen LogP contribution is 2.19. The molecule has 0 bridgehead atoms. The third kappa shape index (κ3) is 5.01. The van der Waals surface area contributed by atoms with Crippen LogP contribution in [0, 0.1) is 0 Å². The first-order chi connectivity index (χ1) is 10.7. The summed E-state index contributed by atoms with van der Waals surface area (Å²) in [4.78, 5) is 11.9. The molecule has 0 aromatic heterocycles. The van der Waals surface area contributed by atoms with Gasteiger partial charge in [-0.3, -0.25) is 4.79 Å². The van der Waals surface area contributed by atoms with Crippen LogP contribution in [-0.4, -0.2) is 25.0 Å². The Balaban J connectivity index is 1.87. The van der Waals surface area contributed by atoms with E-state index in [0.29, 0.717) is 19.0 Å². The zero-order valence-corrected chi connectivity index (χ0v) is 13.3. The van der Waals surface area contributed by atoms with Crippen molar-refractivity contribution in [2.75, 3.05) is 13.1 Å². The van der Waals surface area contributed by atoms with Crippen molar-refractivity contribution in [1.29, 1.82) is 0 Å². The standard InChI is InChI=1S/C19H24N2O/c1-3-20-15(2)14-21-19(22)13-16-9-11-18(12-10-16)17-7-5-4-6-8-17/h4-12,15,20H,3,13-14H2,1-2H3,(H,21,22)/t15-/m1/s1. The fourth-order valence-electron chi connectivity index (χ4n) is 2.38. The lowest BCUT2D eigenvalue weighted by molar-refractivity contribution is -0.120. The predicted molar refractivity (Wildman–Crippen MR) is 91.7 cm³/mol. The van der Waals surface area contributed by atoms with E-state index in [1.165, 1.54) is 11.1 Å². The molecule has 0 aliphatic rings. The van der Waals surface area contributed by atoms with E-state index in [9.17, 15) is 4.79 Å². The molecule has 2 rings (SSSR count). The van der Waals surface area contributed by atoms with Crippen LogP contribution in [0.5, 0.6) is 0 Å². The van der Waals surface area contributed by atoms with Crippen molar-refractivity contribution in [3.05, 3.63) is 60.2 Å². The van der Waals surface area contributed by atoms with E-state index in [4.69, 9.17) is 0 Å². The van der Waals surface area contributed by atoms with Gasteiger partial charge in [0, 0.05) is 12.6 Å². The van der Waals surface area contributed by atoms with Crippen LogP contribution in [0.1, 0.15) is 19.4 Å². The quantitative estimate of drug-likeness (QED) is 0.824. The number of rotatable bonds is 7. The van der Waals surface area contributed by atoms with Gasteiger partial charge in [-0.15, -0.1) is 0 Å². The van der Waals surface area contributed by atoms with Gasteiger partial charge in [0.2, 0.25) is 5.91 Å². The second kappa shape index (κ2) is 8.35. The molecule has 1 atom stereocenters. The lowest BCUT2D eigenvalue weighted by atomic mass is 10.0. The Morgan fingerprint density at radius 1 is 1.00 bits per heavy atom. The van der Waals surface area contributed by atoms with Crippen LogP contribution in [0.25, 0.3) is 11.1 Å². The minimum absolute atomic E-state index is 0.0669. The first-order valence-electron chi connectivity index (χ1n) is 7.83. The molecule has 22 heavy (non-hydrogen) atoms. The summed E-state index contributed by atoms with van der Waals surface area (Å²) in [6, 6.07) is 18.7. The van der Waals surface area contributed by atoms with Crippen LogP contribution in [0.2, 0.25) is 0 Å². The summed E-state index contributed by atoms with van der Waals surface area (Å²) in [5.74, 6) is 0.0669. The van der Waals surface area contributed by atoms with Gasteiger partial charge in [0.15, 0.2) is 0 Å². The molecular weight excluding hydrogens is 272 g/mol. The lowest BCUT2D eigenvalue weighted by Crippen LogP contribution is -2.39. The first-order valence-corrected chi connectivity index (χ1v) is 7.83. The van der Waals surface area contributed by atoms with E-state index in [0.717, 1.165) is 12.1 Å². The zero-order chi connectivity index (χ0) is 15.8. The Morgan fingerprint density at radius 2 is 1.64 bits per heavy atom. The van der Waals surface area contributed by atoms with Gasteiger partial charge in [-0.25, -0.2) is 0 Å². The van der Waals surface area contributed by atoms with Crippen molar-refractivity contribution in [3.63, 3.8) is 0 Å². The number of hydrogen-bond donors (Lipinski definition) is 2. The minimum atomic E-state index is 0.0669. The van der Waals surface area contributed by atoms with Crippen molar-refractivity contribution in [1.82, 2.24) is 10.6 Å². The van der Waals surface area contributed by atoms with Crippen LogP contribution in [0.3, 0.4) is 0 Å². The van der Waals surface area contributed by atoms with E-state index in [1.54, 1.807) is 0 Å². The number of carbonyl (C=O) groups excluding carboxylic acids is 1. The van der Waals surface area contributed by atoms with Gasteiger partial charge in [0.05, 0.1) is 6.42 Å². The second-order valence-corrected chi connectivity index (χ2v) is 5.50. The number of carbonyl (C=O) groups is 1. The average Bonchev–Trinajstić information content (AvgIpc) is 2.55. The molecule has 2 aromatic carbocycles. The van der Waals surface area contributed by atoms with Gasteiger partial charge in [-0.2, -0.15) is 0 Å². The molecule has 0 spiro atoms. The number of nitrogens with one attached hydrogen (secondary N) is 2. The summed E-state index contributed by atoms with van der Waals surface area (Å²) < 4.78 is 0. The summed E-state index contributed by atoms with van der Waals surface area (Å²) >= 11 is 0. The lowest BCUT2D eigenvalue weighted by Gasteiger charge is -2.13. The topological polar surface area (TPSA) is 41.1 Å². The molecule has 116 valence electrons. The Morgan fingerprint density at radius 3 is 2.27 bits per heavy atom. The number of likely N-dealkylation sites (N-methyl/N-ethyl adjacent to an activating group) is 1. The van der Waals surface area contributed by atoms with Crippen molar-refractivity contribution >= 4 is 5.91 Å².